The lowest BCUT2D eigenvalue weighted by molar-refractivity contribution is -0.131. The van der Waals surface area contributed by atoms with Gasteiger partial charge in [-0.2, -0.15) is 0 Å². The van der Waals surface area contributed by atoms with Gasteiger partial charge in [0.25, 0.3) is 0 Å². The fourth-order valence-corrected chi connectivity index (χ4v) is 3.87. The Hall–Kier alpha value is -0.910. The molecule has 0 aliphatic carbocycles. The van der Waals surface area contributed by atoms with Crippen molar-refractivity contribution in [1.29, 1.82) is 0 Å². The van der Waals surface area contributed by atoms with Crippen LogP contribution in [-0.4, -0.2) is 42.6 Å². The Bertz CT molecular complexity index is 480. The normalized spacial score (nSPS) is 25.8. The van der Waals surface area contributed by atoms with Crippen LogP contribution in [0.3, 0.4) is 0 Å². The number of nitrogens with zero attached hydrogens (tertiary/aromatic N) is 1. The molecular formula is C15H22N2O2S. The molecule has 0 bridgehead atoms. The number of rotatable bonds is 4. The first-order valence-electron chi connectivity index (χ1n) is 7.34. The minimum absolute atomic E-state index is 0.0806. The minimum atomic E-state index is -0.0806. The molecule has 5 heteroatoms. The lowest BCUT2D eigenvalue weighted by Crippen LogP contribution is -2.44. The number of carbonyl (C=O) groups excluding carboxylic acids is 1. The van der Waals surface area contributed by atoms with E-state index in [1.807, 2.05) is 4.90 Å². The number of amides is 1. The Labute approximate surface area is 124 Å². The van der Waals surface area contributed by atoms with Gasteiger partial charge in [0.1, 0.15) is 0 Å². The van der Waals surface area contributed by atoms with Gasteiger partial charge in [0.15, 0.2) is 0 Å². The SMILES string of the molecule is CC1(CNCC(=O)N2CCc3sccc3C2)CCCO1. The maximum Gasteiger partial charge on any atom is 0.236 e. The van der Waals surface area contributed by atoms with Crippen LogP contribution in [0.4, 0.5) is 0 Å². The van der Waals surface area contributed by atoms with E-state index in [1.54, 1.807) is 11.3 Å². The van der Waals surface area contributed by atoms with Crippen LogP contribution < -0.4 is 5.32 Å². The van der Waals surface area contributed by atoms with Crippen LogP contribution in [0, 0.1) is 0 Å². The van der Waals surface area contributed by atoms with Crippen LogP contribution in [-0.2, 0) is 22.5 Å². The van der Waals surface area contributed by atoms with Crippen LogP contribution in [0.5, 0.6) is 0 Å². The van der Waals surface area contributed by atoms with Crippen LogP contribution >= 0.6 is 11.3 Å². The molecule has 1 unspecified atom stereocenters. The second-order valence-corrected chi connectivity index (χ2v) is 6.94. The molecule has 20 heavy (non-hydrogen) atoms. The standard InChI is InChI=1S/C15H22N2O2S/c1-15(5-2-7-19-15)11-16-9-14(18)17-6-3-13-12(10-17)4-8-20-13/h4,8,16H,2-3,5-7,9-11H2,1H3. The largest absolute Gasteiger partial charge is 0.374 e. The molecule has 3 heterocycles. The summed E-state index contributed by atoms with van der Waals surface area (Å²) >= 11 is 1.80. The highest BCUT2D eigenvalue weighted by Gasteiger charge is 2.29. The van der Waals surface area contributed by atoms with E-state index in [2.05, 4.69) is 23.7 Å². The summed E-state index contributed by atoms with van der Waals surface area (Å²) in [5.41, 5.74) is 1.24. The third kappa shape index (κ3) is 3.05. The van der Waals surface area contributed by atoms with Crippen LogP contribution in [0.2, 0.25) is 0 Å². The van der Waals surface area contributed by atoms with Gasteiger partial charge in [-0.25, -0.2) is 0 Å². The monoisotopic (exact) mass is 294 g/mol. The number of fused-ring (bicyclic) bond motifs is 1. The molecule has 0 saturated carbocycles. The fourth-order valence-electron chi connectivity index (χ4n) is 2.98. The fraction of sp³-hybridized carbons (Fsp3) is 0.667. The zero-order valence-corrected chi connectivity index (χ0v) is 12.8. The van der Waals surface area contributed by atoms with Gasteiger partial charge in [-0.3, -0.25) is 4.79 Å². The Morgan fingerprint density at radius 2 is 2.50 bits per heavy atom. The molecule has 1 atom stereocenters. The van der Waals surface area contributed by atoms with Crippen molar-refractivity contribution in [2.45, 2.75) is 38.3 Å². The van der Waals surface area contributed by atoms with Gasteiger partial charge in [-0.1, -0.05) is 0 Å². The molecule has 1 aromatic heterocycles. The zero-order valence-electron chi connectivity index (χ0n) is 12.0. The maximum atomic E-state index is 12.2. The first kappa shape index (κ1) is 14.0. The summed E-state index contributed by atoms with van der Waals surface area (Å²) < 4.78 is 5.72. The predicted octanol–water partition coefficient (Wildman–Crippen LogP) is 1.79. The van der Waals surface area contributed by atoms with Gasteiger partial charge in [-0.15, -0.1) is 11.3 Å². The van der Waals surface area contributed by atoms with E-state index in [0.29, 0.717) is 6.54 Å². The van der Waals surface area contributed by atoms with Gasteiger partial charge in [0.2, 0.25) is 5.91 Å². The summed E-state index contributed by atoms with van der Waals surface area (Å²) in [4.78, 5) is 15.6. The van der Waals surface area contributed by atoms with Gasteiger partial charge in [0, 0.05) is 31.1 Å². The molecule has 1 amide bonds. The lowest BCUT2D eigenvalue weighted by Gasteiger charge is -2.28. The molecule has 0 radical (unpaired) electrons. The minimum Gasteiger partial charge on any atom is -0.374 e. The average molecular weight is 294 g/mol. The van der Waals surface area contributed by atoms with Crippen molar-refractivity contribution in [3.8, 4) is 0 Å². The number of thiophene rings is 1. The summed E-state index contributed by atoms with van der Waals surface area (Å²) in [6, 6.07) is 2.14. The summed E-state index contributed by atoms with van der Waals surface area (Å²) in [6.45, 7) is 5.76. The highest BCUT2D eigenvalue weighted by Crippen LogP contribution is 2.25. The number of carbonyl (C=O) groups is 1. The highest BCUT2D eigenvalue weighted by molar-refractivity contribution is 7.10. The van der Waals surface area contributed by atoms with Crippen molar-refractivity contribution in [3.05, 3.63) is 21.9 Å². The van der Waals surface area contributed by atoms with E-state index in [9.17, 15) is 4.79 Å². The lowest BCUT2D eigenvalue weighted by atomic mass is 10.0. The van der Waals surface area contributed by atoms with Crippen molar-refractivity contribution in [2.24, 2.45) is 0 Å². The number of nitrogens with one attached hydrogen (secondary N) is 1. The molecule has 1 N–H and O–H groups in total. The van der Waals surface area contributed by atoms with Crippen molar-refractivity contribution in [2.75, 3.05) is 26.2 Å². The van der Waals surface area contributed by atoms with E-state index in [4.69, 9.17) is 4.74 Å². The summed E-state index contributed by atoms with van der Waals surface area (Å²) in [6.07, 6.45) is 3.20. The summed E-state index contributed by atoms with van der Waals surface area (Å²) in [5, 5.41) is 5.39. The first-order valence-corrected chi connectivity index (χ1v) is 8.22. The van der Waals surface area contributed by atoms with Crippen molar-refractivity contribution in [1.82, 2.24) is 10.2 Å². The number of hydrogen-bond donors (Lipinski definition) is 1. The Balaban J connectivity index is 1.46. The molecule has 3 rings (SSSR count). The van der Waals surface area contributed by atoms with E-state index >= 15 is 0 Å². The molecule has 2 aliphatic heterocycles. The highest BCUT2D eigenvalue weighted by atomic mass is 32.1. The molecule has 0 aromatic carbocycles. The smallest absolute Gasteiger partial charge is 0.236 e. The zero-order chi connectivity index (χ0) is 14.0. The van der Waals surface area contributed by atoms with Crippen LogP contribution in [0.1, 0.15) is 30.2 Å². The number of hydrogen-bond acceptors (Lipinski definition) is 4. The van der Waals surface area contributed by atoms with Gasteiger partial charge in [-0.05, 0) is 43.2 Å². The summed E-state index contributed by atoms with van der Waals surface area (Å²) in [7, 11) is 0. The summed E-state index contributed by atoms with van der Waals surface area (Å²) in [5.74, 6) is 0.198. The molecular weight excluding hydrogens is 272 g/mol. The third-order valence-electron chi connectivity index (χ3n) is 4.24. The quantitative estimate of drug-likeness (QED) is 0.920. The van der Waals surface area contributed by atoms with E-state index < -0.39 is 0 Å². The Morgan fingerprint density at radius 1 is 1.60 bits per heavy atom. The Morgan fingerprint density at radius 3 is 3.30 bits per heavy atom. The topological polar surface area (TPSA) is 41.6 Å². The average Bonchev–Trinajstić information content (AvgIpc) is 3.06. The number of ether oxygens (including phenoxy) is 1. The second kappa shape index (κ2) is 5.84. The molecule has 1 saturated heterocycles. The van der Waals surface area contributed by atoms with Gasteiger partial charge in [0.05, 0.1) is 12.1 Å². The van der Waals surface area contributed by atoms with E-state index in [-0.39, 0.29) is 11.5 Å². The third-order valence-corrected chi connectivity index (χ3v) is 5.26. The second-order valence-electron chi connectivity index (χ2n) is 5.94. The molecule has 110 valence electrons. The molecule has 0 spiro atoms. The van der Waals surface area contributed by atoms with E-state index in [0.717, 1.165) is 45.5 Å². The van der Waals surface area contributed by atoms with Gasteiger partial charge < -0.3 is 15.0 Å². The van der Waals surface area contributed by atoms with Crippen molar-refractivity contribution in [3.63, 3.8) is 0 Å². The van der Waals surface area contributed by atoms with Crippen LogP contribution in [0.15, 0.2) is 11.4 Å². The molecule has 2 aliphatic rings. The van der Waals surface area contributed by atoms with Gasteiger partial charge >= 0.3 is 0 Å². The predicted molar refractivity (Wildman–Crippen MR) is 79.9 cm³/mol. The van der Waals surface area contributed by atoms with Crippen molar-refractivity contribution >= 4 is 17.2 Å². The Kier molecular flexibility index (Phi) is 4.10. The molecule has 4 nitrogen and oxygen atoms in total. The maximum absolute atomic E-state index is 12.2. The van der Waals surface area contributed by atoms with Crippen LogP contribution in [0.25, 0.3) is 0 Å². The van der Waals surface area contributed by atoms with E-state index in [1.165, 1.54) is 10.4 Å². The molecule has 1 aromatic rings. The first-order chi connectivity index (χ1) is 9.66. The van der Waals surface area contributed by atoms with Crippen molar-refractivity contribution < 1.29 is 9.53 Å². The molecule has 1 fully saturated rings.